The zero-order valence-electron chi connectivity index (χ0n) is 13.9. The van der Waals surface area contributed by atoms with Crippen molar-refractivity contribution < 1.29 is 22.4 Å². The van der Waals surface area contributed by atoms with E-state index in [9.17, 15) is 22.4 Å². The summed E-state index contributed by atoms with van der Waals surface area (Å²) in [5.74, 6) is -4.13. The van der Waals surface area contributed by atoms with Gasteiger partial charge in [0.2, 0.25) is 0 Å². The molecule has 0 saturated heterocycles. The number of carbonyl (C=O) groups is 1. The van der Waals surface area contributed by atoms with Crippen LogP contribution in [0.5, 0.6) is 0 Å². The maximum atomic E-state index is 13.8. The highest BCUT2D eigenvalue weighted by Gasteiger charge is 2.15. The quantitative estimate of drug-likeness (QED) is 0.665. The predicted molar refractivity (Wildman–Crippen MR) is 90.7 cm³/mol. The lowest BCUT2D eigenvalue weighted by molar-refractivity contribution is 0.102. The summed E-state index contributed by atoms with van der Waals surface area (Å²) in [4.78, 5) is 20.2. The van der Waals surface area contributed by atoms with E-state index in [-0.39, 0.29) is 23.0 Å². The Hall–Kier alpha value is -3.49. The topological polar surface area (TPSA) is 66.9 Å². The van der Waals surface area contributed by atoms with Crippen LogP contribution in [0, 0.1) is 30.2 Å². The minimum absolute atomic E-state index is 0.0313. The normalized spacial score (nSPS) is 10.6. The number of hydrogen-bond acceptors (Lipinski definition) is 4. The third kappa shape index (κ3) is 4.20. The number of para-hydroxylation sites is 1. The van der Waals surface area contributed by atoms with Crippen LogP contribution in [0.3, 0.4) is 0 Å². The highest BCUT2D eigenvalue weighted by Crippen LogP contribution is 2.23. The fraction of sp³-hybridized carbons (Fsp3) is 0.0556. The molecule has 0 spiro atoms. The maximum Gasteiger partial charge on any atom is 0.274 e. The van der Waals surface area contributed by atoms with Gasteiger partial charge in [-0.1, -0.05) is 6.07 Å². The van der Waals surface area contributed by atoms with Crippen molar-refractivity contribution in [1.82, 2.24) is 9.97 Å². The fourth-order valence-electron chi connectivity index (χ4n) is 2.27. The molecule has 1 amide bonds. The van der Waals surface area contributed by atoms with Crippen LogP contribution >= 0.6 is 0 Å². The second-order valence-electron chi connectivity index (χ2n) is 5.49. The van der Waals surface area contributed by atoms with Crippen molar-refractivity contribution >= 4 is 23.1 Å². The van der Waals surface area contributed by atoms with Gasteiger partial charge in [0.1, 0.15) is 46.3 Å². The van der Waals surface area contributed by atoms with Crippen molar-refractivity contribution in [3.05, 3.63) is 77.3 Å². The molecular weight excluding hydrogens is 364 g/mol. The van der Waals surface area contributed by atoms with Crippen LogP contribution in [0.25, 0.3) is 0 Å². The van der Waals surface area contributed by atoms with Gasteiger partial charge in [-0.2, -0.15) is 0 Å². The van der Waals surface area contributed by atoms with E-state index in [0.717, 1.165) is 30.3 Å². The van der Waals surface area contributed by atoms with Crippen molar-refractivity contribution in [1.29, 1.82) is 0 Å². The van der Waals surface area contributed by atoms with Gasteiger partial charge in [0.15, 0.2) is 0 Å². The molecule has 0 aliphatic heterocycles. The summed E-state index contributed by atoms with van der Waals surface area (Å²) in [6.45, 7) is 1.47. The SMILES string of the molecule is Cc1nc(Nc2c(F)cccc2F)cc(C(=O)Nc2ccc(F)cc2F)n1. The molecule has 0 unspecified atom stereocenters. The number of carbonyl (C=O) groups excluding carboxylic acids is 1. The number of hydrogen-bond donors (Lipinski definition) is 2. The lowest BCUT2D eigenvalue weighted by atomic mass is 10.2. The number of rotatable bonds is 4. The molecule has 2 aromatic carbocycles. The van der Waals surface area contributed by atoms with E-state index >= 15 is 0 Å². The first-order valence-corrected chi connectivity index (χ1v) is 7.66. The summed E-state index contributed by atoms with van der Waals surface area (Å²) >= 11 is 0. The molecule has 3 rings (SSSR count). The molecule has 2 N–H and O–H groups in total. The zero-order valence-corrected chi connectivity index (χ0v) is 13.9. The van der Waals surface area contributed by atoms with Crippen molar-refractivity contribution in [2.24, 2.45) is 0 Å². The average molecular weight is 376 g/mol. The molecule has 138 valence electrons. The van der Waals surface area contributed by atoms with E-state index in [1.165, 1.54) is 13.0 Å². The average Bonchev–Trinajstić information content (AvgIpc) is 2.60. The summed E-state index contributed by atoms with van der Waals surface area (Å²) in [7, 11) is 0. The molecule has 0 saturated carbocycles. The van der Waals surface area contributed by atoms with E-state index in [0.29, 0.717) is 6.07 Å². The minimum atomic E-state index is -0.957. The van der Waals surface area contributed by atoms with Gasteiger partial charge in [-0.3, -0.25) is 4.79 Å². The molecule has 1 aromatic heterocycles. The largest absolute Gasteiger partial charge is 0.335 e. The molecule has 0 radical (unpaired) electrons. The van der Waals surface area contributed by atoms with Gasteiger partial charge in [-0.15, -0.1) is 0 Å². The number of anilines is 3. The summed E-state index contributed by atoms with van der Waals surface area (Å²) in [6, 6.07) is 7.14. The van der Waals surface area contributed by atoms with Crippen molar-refractivity contribution in [3.8, 4) is 0 Å². The molecule has 0 fully saturated rings. The smallest absolute Gasteiger partial charge is 0.274 e. The van der Waals surface area contributed by atoms with Crippen LogP contribution in [0.2, 0.25) is 0 Å². The Bertz CT molecular complexity index is 1010. The number of aromatic nitrogens is 2. The summed E-state index contributed by atoms with van der Waals surface area (Å²) in [6.07, 6.45) is 0. The van der Waals surface area contributed by atoms with Gasteiger partial charge >= 0.3 is 0 Å². The highest BCUT2D eigenvalue weighted by molar-refractivity contribution is 6.03. The number of nitrogens with zero attached hydrogens (tertiary/aromatic N) is 2. The van der Waals surface area contributed by atoms with Gasteiger partial charge in [0.25, 0.3) is 5.91 Å². The van der Waals surface area contributed by atoms with Crippen LogP contribution in [0.1, 0.15) is 16.3 Å². The molecule has 1 heterocycles. The van der Waals surface area contributed by atoms with Gasteiger partial charge in [0.05, 0.1) is 5.69 Å². The van der Waals surface area contributed by atoms with E-state index in [1.54, 1.807) is 0 Å². The number of aryl methyl sites for hydroxylation is 1. The molecule has 0 atom stereocenters. The van der Waals surface area contributed by atoms with Gasteiger partial charge in [-0.25, -0.2) is 27.5 Å². The van der Waals surface area contributed by atoms with Crippen molar-refractivity contribution in [2.45, 2.75) is 6.92 Å². The Kier molecular flexibility index (Phi) is 5.02. The summed E-state index contributed by atoms with van der Waals surface area (Å²) in [5.41, 5.74) is -0.857. The molecule has 9 heteroatoms. The van der Waals surface area contributed by atoms with Gasteiger partial charge < -0.3 is 10.6 Å². The first-order valence-electron chi connectivity index (χ1n) is 7.66. The highest BCUT2D eigenvalue weighted by atomic mass is 19.1. The Labute approximate surface area is 151 Å². The number of benzene rings is 2. The summed E-state index contributed by atoms with van der Waals surface area (Å²) < 4.78 is 54.1. The predicted octanol–water partition coefficient (Wildman–Crippen LogP) is 4.34. The molecule has 27 heavy (non-hydrogen) atoms. The Morgan fingerprint density at radius 3 is 2.30 bits per heavy atom. The monoisotopic (exact) mass is 376 g/mol. The van der Waals surface area contributed by atoms with E-state index in [4.69, 9.17) is 0 Å². The van der Waals surface area contributed by atoms with Gasteiger partial charge in [-0.05, 0) is 31.2 Å². The molecule has 5 nitrogen and oxygen atoms in total. The number of halogens is 4. The second kappa shape index (κ2) is 7.40. The van der Waals surface area contributed by atoms with E-state index in [2.05, 4.69) is 20.6 Å². The molecule has 0 aliphatic carbocycles. The standard InChI is InChI=1S/C18H12F4N4O/c1-9-23-15(18(27)25-14-6-5-10(19)7-13(14)22)8-16(24-9)26-17-11(20)3-2-4-12(17)21/h2-8H,1H3,(H,25,27)(H,23,24,26). The van der Waals surface area contributed by atoms with Crippen LogP contribution in [0.4, 0.5) is 34.8 Å². The first-order chi connectivity index (χ1) is 12.8. The van der Waals surface area contributed by atoms with Crippen LogP contribution in [0.15, 0.2) is 42.5 Å². The summed E-state index contributed by atoms with van der Waals surface area (Å²) in [5, 5.41) is 4.70. The Morgan fingerprint density at radius 2 is 1.63 bits per heavy atom. The second-order valence-corrected chi connectivity index (χ2v) is 5.49. The molecular formula is C18H12F4N4O. The van der Waals surface area contributed by atoms with Crippen molar-refractivity contribution in [3.63, 3.8) is 0 Å². The zero-order chi connectivity index (χ0) is 19.6. The van der Waals surface area contributed by atoms with E-state index < -0.39 is 34.9 Å². The molecule has 0 aliphatic rings. The Balaban J connectivity index is 1.87. The third-order valence-corrected chi connectivity index (χ3v) is 3.47. The number of amides is 1. The van der Waals surface area contributed by atoms with Crippen LogP contribution < -0.4 is 10.6 Å². The third-order valence-electron chi connectivity index (χ3n) is 3.47. The van der Waals surface area contributed by atoms with E-state index in [1.807, 2.05) is 0 Å². The maximum absolute atomic E-state index is 13.8. The Morgan fingerprint density at radius 1 is 0.926 bits per heavy atom. The molecule has 0 bridgehead atoms. The fourth-order valence-corrected chi connectivity index (χ4v) is 2.27. The van der Waals surface area contributed by atoms with Crippen LogP contribution in [-0.2, 0) is 0 Å². The first kappa shape index (κ1) is 18.3. The van der Waals surface area contributed by atoms with Crippen LogP contribution in [-0.4, -0.2) is 15.9 Å². The van der Waals surface area contributed by atoms with Gasteiger partial charge in [0, 0.05) is 12.1 Å². The van der Waals surface area contributed by atoms with Crippen molar-refractivity contribution in [2.75, 3.05) is 10.6 Å². The number of nitrogens with one attached hydrogen (secondary N) is 2. The lowest BCUT2D eigenvalue weighted by Gasteiger charge is -2.11. The minimum Gasteiger partial charge on any atom is -0.335 e. The molecule has 3 aromatic rings. The lowest BCUT2D eigenvalue weighted by Crippen LogP contribution is -2.16.